The molecule has 0 saturated carbocycles. The Hall–Kier alpha value is -2.44. The van der Waals surface area contributed by atoms with E-state index in [0.29, 0.717) is 18.2 Å². The molecule has 0 aliphatic carbocycles. The third kappa shape index (κ3) is 5.34. The molecule has 1 fully saturated rings. The number of benzene rings is 2. The lowest BCUT2D eigenvalue weighted by Gasteiger charge is -2.40. The summed E-state index contributed by atoms with van der Waals surface area (Å²) >= 11 is 0. The molecule has 0 bridgehead atoms. The summed E-state index contributed by atoms with van der Waals surface area (Å²) < 4.78 is 13.6. The number of nitrogens with one attached hydrogen (secondary N) is 1. The number of rotatable bonds is 6. The minimum atomic E-state index is -0.374. The van der Waals surface area contributed by atoms with Gasteiger partial charge in [0.05, 0.1) is 6.61 Å². The minimum Gasteiger partial charge on any atom is -0.392 e. The second-order valence-electron chi connectivity index (χ2n) is 7.34. The number of hydrogen-bond donors (Lipinski definition) is 2. The van der Waals surface area contributed by atoms with Crippen LogP contribution in [0.15, 0.2) is 53.5 Å². The number of aliphatic hydroxyl groups is 1. The van der Waals surface area contributed by atoms with Crippen LogP contribution in [0, 0.1) is 5.82 Å². The molecular formula is C23H31FN4O. The van der Waals surface area contributed by atoms with Gasteiger partial charge in [0, 0.05) is 51.4 Å². The number of aliphatic hydroxyl groups excluding tert-OH is 1. The van der Waals surface area contributed by atoms with E-state index >= 15 is 0 Å². The molecule has 2 aromatic carbocycles. The Morgan fingerprint density at radius 2 is 1.86 bits per heavy atom. The first kappa shape index (κ1) is 21.3. The zero-order valence-electron chi connectivity index (χ0n) is 17.3. The van der Waals surface area contributed by atoms with Crippen LogP contribution < -0.4 is 5.32 Å². The first-order chi connectivity index (χ1) is 14.2. The third-order valence-electron chi connectivity index (χ3n) is 5.57. The van der Waals surface area contributed by atoms with Crippen LogP contribution in [0.25, 0.3) is 0 Å². The number of piperazine rings is 1. The van der Waals surface area contributed by atoms with Crippen molar-refractivity contribution in [3.63, 3.8) is 0 Å². The predicted octanol–water partition coefficient (Wildman–Crippen LogP) is 3.16. The minimum absolute atomic E-state index is 0.295. The monoisotopic (exact) mass is 398 g/mol. The maximum Gasteiger partial charge on any atom is 0.194 e. The normalized spacial score (nSPS) is 16.7. The molecule has 156 valence electrons. The lowest BCUT2D eigenvalue weighted by atomic mass is 10.0. The SMILES string of the molecule is CCC(c1ccccc1)N1CCN(C(=NC)NCc2ccc(F)c(CO)c2)CC1. The lowest BCUT2D eigenvalue weighted by Crippen LogP contribution is -2.52. The Bertz CT molecular complexity index is 804. The van der Waals surface area contributed by atoms with Gasteiger partial charge in [0.25, 0.3) is 0 Å². The highest BCUT2D eigenvalue weighted by atomic mass is 19.1. The van der Waals surface area contributed by atoms with Gasteiger partial charge in [0.15, 0.2) is 5.96 Å². The summed E-state index contributed by atoms with van der Waals surface area (Å²) in [6, 6.07) is 16.0. The number of aliphatic imine (C=N–C) groups is 1. The van der Waals surface area contributed by atoms with Crippen LogP contribution >= 0.6 is 0 Å². The summed E-state index contributed by atoms with van der Waals surface area (Å²) in [5.41, 5.74) is 2.62. The first-order valence-electron chi connectivity index (χ1n) is 10.3. The predicted molar refractivity (Wildman–Crippen MR) is 115 cm³/mol. The molecule has 1 heterocycles. The van der Waals surface area contributed by atoms with E-state index in [1.165, 1.54) is 11.6 Å². The van der Waals surface area contributed by atoms with E-state index < -0.39 is 0 Å². The topological polar surface area (TPSA) is 51.1 Å². The average Bonchev–Trinajstić information content (AvgIpc) is 2.77. The van der Waals surface area contributed by atoms with Crippen LogP contribution in [0.2, 0.25) is 0 Å². The van der Waals surface area contributed by atoms with Gasteiger partial charge >= 0.3 is 0 Å². The van der Waals surface area contributed by atoms with Crippen molar-refractivity contribution < 1.29 is 9.50 Å². The van der Waals surface area contributed by atoms with Gasteiger partial charge < -0.3 is 15.3 Å². The van der Waals surface area contributed by atoms with E-state index in [9.17, 15) is 9.50 Å². The standard InChI is InChI=1S/C23H31FN4O/c1-3-22(19-7-5-4-6-8-19)27-11-13-28(14-12-27)23(25-2)26-16-18-9-10-21(24)20(15-18)17-29/h4-10,15,22,29H,3,11-14,16-17H2,1-2H3,(H,25,26). The summed E-state index contributed by atoms with van der Waals surface area (Å²) in [6.07, 6.45) is 1.09. The summed E-state index contributed by atoms with van der Waals surface area (Å²) in [7, 11) is 1.79. The molecule has 2 N–H and O–H groups in total. The highest BCUT2D eigenvalue weighted by molar-refractivity contribution is 5.80. The zero-order valence-corrected chi connectivity index (χ0v) is 17.3. The molecule has 1 unspecified atom stereocenters. The summed E-state index contributed by atoms with van der Waals surface area (Å²) in [5.74, 6) is 0.480. The fourth-order valence-electron chi connectivity index (χ4n) is 4.00. The smallest absolute Gasteiger partial charge is 0.194 e. The number of hydrogen-bond acceptors (Lipinski definition) is 3. The summed E-state index contributed by atoms with van der Waals surface area (Å²) in [6.45, 7) is 6.28. The van der Waals surface area contributed by atoms with Crippen LogP contribution in [0.1, 0.15) is 36.1 Å². The Labute approximate surface area is 172 Å². The molecule has 6 heteroatoms. The second kappa shape index (κ2) is 10.4. The molecule has 0 aromatic heterocycles. The Kier molecular flexibility index (Phi) is 7.61. The number of guanidine groups is 1. The van der Waals surface area contributed by atoms with Gasteiger partial charge in [-0.05, 0) is 29.7 Å². The molecule has 0 spiro atoms. The van der Waals surface area contributed by atoms with Crippen LogP contribution in [0.5, 0.6) is 0 Å². The molecule has 1 atom stereocenters. The first-order valence-corrected chi connectivity index (χ1v) is 10.3. The molecule has 1 aliphatic rings. The Morgan fingerprint density at radius 1 is 1.14 bits per heavy atom. The van der Waals surface area contributed by atoms with E-state index in [0.717, 1.165) is 44.1 Å². The van der Waals surface area contributed by atoms with Crippen molar-refractivity contribution in [3.05, 3.63) is 71.0 Å². The highest BCUT2D eigenvalue weighted by Gasteiger charge is 2.25. The van der Waals surface area contributed by atoms with Gasteiger partial charge in [0.2, 0.25) is 0 Å². The van der Waals surface area contributed by atoms with Gasteiger partial charge in [-0.3, -0.25) is 9.89 Å². The molecular weight excluding hydrogens is 367 g/mol. The van der Waals surface area contributed by atoms with Crippen LogP contribution in [-0.2, 0) is 13.2 Å². The van der Waals surface area contributed by atoms with E-state index in [1.54, 1.807) is 19.2 Å². The van der Waals surface area contributed by atoms with Crippen LogP contribution in [-0.4, -0.2) is 54.1 Å². The molecule has 3 rings (SSSR count). The second-order valence-corrected chi connectivity index (χ2v) is 7.34. The van der Waals surface area contributed by atoms with Crippen molar-refractivity contribution in [1.29, 1.82) is 0 Å². The third-order valence-corrected chi connectivity index (χ3v) is 5.57. The molecule has 29 heavy (non-hydrogen) atoms. The van der Waals surface area contributed by atoms with Crippen molar-refractivity contribution in [2.24, 2.45) is 4.99 Å². The Morgan fingerprint density at radius 3 is 2.48 bits per heavy atom. The molecule has 1 aliphatic heterocycles. The lowest BCUT2D eigenvalue weighted by molar-refractivity contribution is 0.127. The number of halogens is 1. The molecule has 0 radical (unpaired) electrons. The maximum atomic E-state index is 13.6. The fourth-order valence-corrected chi connectivity index (χ4v) is 4.00. The van der Waals surface area contributed by atoms with Crippen molar-refractivity contribution >= 4 is 5.96 Å². The number of nitrogens with zero attached hydrogens (tertiary/aromatic N) is 3. The summed E-state index contributed by atoms with van der Waals surface area (Å²) in [4.78, 5) is 9.24. The summed E-state index contributed by atoms with van der Waals surface area (Å²) in [5, 5.41) is 12.6. The van der Waals surface area contributed by atoms with Gasteiger partial charge in [0.1, 0.15) is 5.82 Å². The van der Waals surface area contributed by atoms with E-state index in [2.05, 4.69) is 57.4 Å². The highest BCUT2D eigenvalue weighted by Crippen LogP contribution is 2.25. The van der Waals surface area contributed by atoms with E-state index in [-0.39, 0.29) is 12.4 Å². The molecule has 5 nitrogen and oxygen atoms in total. The van der Waals surface area contributed by atoms with Crippen LogP contribution in [0.3, 0.4) is 0 Å². The van der Waals surface area contributed by atoms with Gasteiger partial charge in [-0.25, -0.2) is 4.39 Å². The van der Waals surface area contributed by atoms with Crippen LogP contribution in [0.4, 0.5) is 4.39 Å². The van der Waals surface area contributed by atoms with E-state index in [4.69, 9.17) is 0 Å². The van der Waals surface area contributed by atoms with Gasteiger partial charge in [-0.2, -0.15) is 0 Å². The zero-order chi connectivity index (χ0) is 20.6. The maximum absolute atomic E-state index is 13.6. The van der Waals surface area contributed by atoms with Gasteiger partial charge in [-0.15, -0.1) is 0 Å². The van der Waals surface area contributed by atoms with Crippen molar-refractivity contribution in [1.82, 2.24) is 15.1 Å². The van der Waals surface area contributed by atoms with Crippen molar-refractivity contribution in [3.8, 4) is 0 Å². The van der Waals surface area contributed by atoms with Crippen molar-refractivity contribution in [2.75, 3.05) is 33.2 Å². The van der Waals surface area contributed by atoms with E-state index in [1.807, 2.05) is 0 Å². The Balaban J connectivity index is 1.56. The van der Waals surface area contributed by atoms with Gasteiger partial charge in [-0.1, -0.05) is 43.3 Å². The molecule has 2 aromatic rings. The van der Waals surface area contributed by atoms with Crippen molar-refractivity contribution in [2.45, 2.75) is 32.5 Å². The quantitative estimate of drug-likeness (QED) is 0.580. The largest absolute Gasteiger partial charge is 0.392 e. The fraction of sp³-hybridized carbons (Fsp3) is 0.435. The average molecular weight is 399 g/mol. The molecule has 0 amide bonds. The molecule has 1 saturated heterocycles.